The summed E-state index contributed by atoms with van der Waals surface area (Å²) >= 11 is 0. The van der Waals surface area contributed by atoms with Gasteiger partial charge in [-0.3, -0.25) is 14.9 Å². The third-order valence-electron chi connectivity index (χ3n) is 3.33. The van der Waals surface area contributed by atoms with E-state index in [0.29, 0.717) is 11.3 Å². The summed E-state index contributed by atoms with van der Waals surface area (Å²) in [4.78, 5) is 23.6. The van der Waals surface area contributed by atoms with Crippen LogP contribution in [-0.4, -0.2) is 23.9 Å². The number of nitro groups is 1. The van der Waals surface area contributed by atoms with E-state index in [2.05, 4.69) is 0 Å². The molecule has 1 aliphatic rings. The van der Waals surface area contributed by atoms with E-state index >= 15 is 0 Å². The van der Waals surface area contributed by atoms with Gasteiger partial charge in [0, 0.05) is 25.2 Å². The summed E-state index contributed by atoms with van der Waals surface area (Å²) in [6.45, 7) is 1.69. The Kier molecular flexibility index (Phi) is 4.34. The molecule has 1 heterocycles. The molecule has 6 heteroatoms. The number of nitrogens with zero attached hydrogens (tertiary/aromatic N) is 2. The zero-order valence-electron chi connectivity index (χ0n) is 11.1. The van der Waals surface area contributed by atoms with Crippen molar-refractivity contribution in [2.75, 3.05) is 18.0 Å². The number of hydrogen-bond donors (Lipinski definition) is 1. The fourth-order valence-electron chi connectivity index (χ4n) is 2.37. The number of nitrogens with two attached hydrogens (primary N) is 1. The molecule has 106 valence electrons. The highest BCUT2D eigenvalue weighted by molar-refractivity contribution is 5.90. The van der Waals surface area contributed by atoms with Crippen LogP contribution in [0.2, 0.25) is 0 Å². The fourth-order valence-corrected chi connectivity index (χ4v) is 2.37. The standard InChI is InChI=1S/C14H17N3O3/c15-14(18)7-5-11-4-6-12(13(10-11)17(19)20)16-8-2-1-3-9-16/h4-7,10H,1-3,8-9H2,(H2,15,18)/b7-5-. The molecule has 0 radical (unpaired) electrons. The lowest BCUT2D eigenvalue weighted by Gasteiger charge is -2.28. The van der Waals surface area contributed by atoms with Crippen molar-refractivity contribution in [3.63, 3.8) is 0 Å². The van der Waals surface area contributed by atoms with Crippen LogP contribution in [0.3, 0.4) is 0 Å². The van der Waals surface area contributed by atoms with Crippen molar-refractivity contribution in [3.05, 3.63) is 40.0 Å². The van der Waals surface area contributed by atoms with Gasteiger partial charge in [-0.05, 0) is 37.0 Å². The Morgan fingerprint density at radius 3 is 2.60 bits per heavy atom. The molecule has 2 N–H and O–H groups in total. The lowest BCUT2D eigenvalue weighted by molar-refractivity contribution is -0.384. The molecular formula is C14H17N3O3. The molecule has 0 atom stereocenters. The molecule has 1 fully saturated rings. The zero-order valence-corrected chi connectivity index (χ0v) is 11.1. The molecule has 20 heavy (non-hydrogen) atoms. The molecule has 0 saturated carbocycles. The summed E-state index contributed by atoms with van der Waals surface area (Å²) in [5.41, 5.74) is 6.32. The van der Waals surface area contributed by atoms with Crippen molar-refractivity contribution in [2.24, 2.45) is 5.73 Å². The quantitative estimate of drug-likeness (QED) is 0.517. The maximum absolute atomic E-state index is 11.2. The number of benzene rings is 1. The predicted molar refractivity (Wildman–Crippen MR) is 77.4 cm³/mol. The molecule has 0 bridgehead atoms. The van der Waals surface area contributed by atoms with Crippen LogP contribution in [0.15, 0.2) is 24.3 Å². The van der Waals surface area contributed by atoms with Gasteiger partial charge in [-0.1, -0.05) is 6.07 Å². The van der Waals surface area contributed by atoms with Crippen molar-refractivity contribution in [3.8, 4) is 0 Å². The maximum atomic E-state index is 11.2. The summed E-state index contributed by atoms with van der Waals surface area (Å²) in [6.07, 6.45) is 5.96. The van der Waals surface area contributed by atoms with Gasteiger partial charge in [0.25, 0.3) is 5.69 Å². The van der Waals surface area contributed by atoms with Crippen LogP contribution in [0.25, 0.3) is 6.08 Å². The molecule has 2 rings (SSSR count). The van der Waals surface area contributed by atoms with Crippen molar-refractivity contribution in [1.29, 1.82) is 0 Å². The molecule has 1 aromatic carbocycles. The highest BCUT2D eigenvalue weighted by Crippen LogP contribution is 2.31. The normalized spacial score (nSPS) is 15.5. The first-order valence-corrected chi connectivity index (χ1v) is 6.59. The van der Waals surface area contributed by atoms with E-state index in [-0.39, 0.29) is 10.6 Å². The van der Waals surface area contributed by atoms with Gasteiger partial charge < -0.3 is 10.6 Å². The fraction of sp³-hybridized carbons (Fsp3) is 0.357. The van der Waals surface area contributed by atoms with Crippen LogP contribution in [0.5, 0.6) is 0 Å². The molecule has 0 aliphatic carbocycles. The van der Waals surface area contributed by atoms with Gasteiger partial charge in [-0.25, -0.2) is 0 Å². The SMILES string of the molecule is NC(=O)/C=C\c1ccc(N2CCCCC2)c([N+](=O)[O-])c1. The van der Waals surface area contributed by atoms with Crippen molar-refractivity contribution < 1.29 is 9.72 Å². The maximum Gasteiger partial charge on any atom is 0.293 e. The summed E-state index contributed by atoms with van der Waals surface area (Å²) < 4.78 is 0. The summed E-state index contributed by atoms with van der Waals surface area (Å²) in [5, 5.41) is 11.2. The van der Waals surface area contributed by atoms with Crippen LogP contribution >= 0.6 is 0 Å². The Bertz CT molecular complexity index is 549. The molecule has 0 spiro atoms. The second-order valence-corrected chi connectivity index (χ2v) is 4.79. The van der Waals surface area contributed by atoms with E-state index in [1.165, 1.54) is 24.6 Å². The Hall–Kier alpha value is -2.37. The van der Waals surface area contributed by atoms with E-state index in [0.717, 1.165) is 25.9 Å². The number of anilines is 1. The van der Waals surface area contributed by atoms with Gasteiger partial charge >= 0.3 is 0 Å². The minimum atomic E-state index is -0.576. The van der Waals surface area contributed by atoms with E-state index in [4.69, 9.17) is 5.73 Å². The average Bonchev–Trinajstić information content (AvgIpc) is 2.45. The third-order valence-corrected chi connectivity index (χ3v) is 3.33. The topological polar surface area (TPSA) is 89.5 Å². The molecular weight excluding hydrogens is 258 g/mol. The molecule has 1 aliphatic heterocycles. The minimum absolute atomic E-state index is 0.0681. The largest absolute Gasteiger partial charge is 0.366 e. The molecule has 0 aromatic heterocycles. The van der Waals surface area contributed by atoms with Crippen LogP contribution in [-0.2, 0) is 4.79 Å². The monoisotopic (exact) mass is 275 g/mol. The van der Waals surface area contributed by atoms with Gasteiger partial charge in [0.1, 0.15) is 5.69 Å². The van der Waals surface area contributed by atoms with Crippen LogP contribution in [0, 0.1) is 10.1 Å². The highest BCUT2D eigenvalue weighted by atomic mass is 16.6. The number of hydrogen-bond acceptors (Lipinski definition) is 4. The van der Waals surface area contributed by atoms with Crippen LogP contribution < -0.4 is 10.6 Å². The van der Waals surface area contributed by atoms with Crippen LogP contribution in [0.1, 0.15) is 24.8 Å². The Morgan fingerprint density at radius 1 is 1.30 bits per heavy atom. The highest BCUT2D eigenvalue weighted by Gasteiger charge is 2.21. The van der Waals surface area contributed by atoms with E-state index in [1.807, 2.05) is 4.90 Å². The van der Waals surface area contributed by atoms with Gasteiger partial charge in [-0.15, -0.1) is 0 Å². The summed E-state index contributed by atoms with van der Waals surface area (Å²) in [6, 6.07) is 4.98. The first-order valence-electron chi connectivity index (χ1n) is 6.59. The third kappa shape index (κ3) is 3.34. The first-order chi connectivity index (χ1) is 9.58. The number of primary amides is 1. The van der Waals surface area contributed by atoms with E-state index < -0.39 is 5.91 Å². The van der Waals surface area contributed by atoms with Gasteiger partial charge in [0.05, 0.1) is 4.92 Å². The molecule has 0 unspecified atom stereocenters. The smallest absolute Gasteiger partial charge is 0.293 e. The van der Waals surface area contributed by atoms with Crippen molar-refractivity contribution >= 4 is 23.4 Å². The lowest BCUT2D eigenvalue weighted by atomic mass is 10.1. The molecule has 1 saturated heterocycles. The molecule has 6 nitrogen and oxygen atoms in total. The van der Waals surface area contributed by atoms with Gasteiger partial charge in [0.15, 0.2) is 0 Å². The number of amides is 1. The molecule has 1 amide bonds. The second-order valence-electron chi connectivity index (χ2n) is 4.79. The number of rotatable bonds is 4. The minimum Gasteiger partial charge on any atom is -0.366 e. The summed E-state index contributed by atoms with van der Waals surface area (Å²) in [7, 11) is 0. The number of carbonyl (C=O) groups is 1. The Labute approximate surface area is 117 Å². The average molecular weight is 275 g/mol. The zero-order chi connectivity index (χ0) is 14.5. The number of carbonyl (C=O) groups excluding carboxylic acids is 1. The number of piperidine rings is 1. The summed E-state index contributed by atoms with van der Waals surface area (Å²) in [5.74, 6) is -0.576. The van der Waals surface area contributed by atoms with E-state index in [9.17, 15) is 14.9 Å². The van der Waals surface area contributed by atoms with E-state index in [1.54, 1.807) is 12.1 Å². The Morgan fingerprint density at radius 2 is 2.00 bits per heavy atom. The Balaban J connectivity index is 2.32. The second kappa shape index (κ2) is 6.18. The van der Waals surface area contributed by atoms with Crippen molar-refractivity contribution in [2.45, 2.75) is 19.3 Å². The van der Waals surface area contributed by atoms with Crippen LogP contribution in [0.4, 0.5) is 11.4 Å². The van der Waals surface area contributed by atoms with Gasteiger partial charge in [-0.2, -0.15) is 0 Å². The van der Waals surface area contributed by atoms with Crippen molar-refractivity contribution in [1.82, 2.24) is 0 Å². The first kappa shape index (κ1) is 14.0. The van der Waals surface area contributed by atoms with Gasteiger partial charge in [0.2, 0.25) is 5.91 Å². The lowest BCUT2D eigenvalue weighted by Crippen LogP contribution is -2.29. The number of nitro benzene ring substituents is 1. The predicted octanol–water partition coefficient (Wildman–Crippen LogP) is 2.08. The molecule has 1 aromatic rings.